The lowest BCUT2D eigenvalue weighted by Gasteiger charge is -2.19. The number of hydrogen-bond acceptors (Lipinski definition) is 4. The molecule has 2 rings (SSSR count). The second-order valence-corrected chi connectivity index (χ2v) is 6.03. The van der Waals surface area contributed by atoms with Gasteiger partial charge in [0.2, 0.25) is 0 Å². The number of rotatable bonds is 3. The zero-order chi connectivity index (χ0) is 15.5. The lowest BCUT2D eigenvalue weighted by atomic mass is 9.94. The first-order chi connectivity index (χ1) is 9.85. The van der Waals surface area contributed by atoms with Crippen LogP contribution in [0, 0.1) is 5.92 Å². The normalized spacial score (nSPS) is 17.9. The molecule has 1 aromatic rings. The van der Waals surface area contributed by atoms with Gasteiger partial charge in [-0.3, -0.25) is 9.79 Å². The van der Waals surface area contributed by atoms with Gasteiger partial charge < -0.3 is 4.74 Å². The summed E-state index contributed by atoms with van der Waals surface area (Å²) in [5, 5.41) is 0. The lowest BCUT2D eigenvalue weighted by Crippen LogP contribution is -2.24. The van der Waals surface area contributed by atoms with E-state index in [1.54, 1.807) is 18.3 Å². The van der Waals surface area contributed by atoms with E-state index in [1.165, 1.54) is 12.3 Å². The standard InChI is InChI=1S/C17H19NO3/c1-17(2,3)21-16(20)13-6-4-12(5-7-13)10-14-11-18-9-8-15(14)19/h4-9,11,14H,10H2,1-3H3. The van der Waals surface area contributed by atoms with E-state index in [0.717, 1.165) is 5.56 Å². The molecule has 4 heteroatoms. The summed E-state index contributed by atoms with van der Waals surface area (Å²) >= 11 is 0. The largest absolute Gasteiger partial charge is 0.456 e. The van der Waals surface area contributed by atoms with Crippen molar-refractivity contribution in [1.82, 2.24) is 0 Å². The quantitative estimate of drug-likeness (QED) is 0.802. The molecule has 0 spiro atoms. The predicted molar refractivity (Wildman–Crippen MR) is 81.4 cm³/mol. The summed E-state index contributed by atoms with van der Waals surface area (Å²) in [6.45, 7) is 5.50. The smallest absolute Gasteiger partial charge is 0.338 e. The van der Waals surface area contributed by atoms with Crippen molar-refractivity contribution in [2.24, 2.45) is 10.9 Å². The van der Waals surface area contributed by atoms with E-state index in [1.807, 2.05) is 32.9 Å². The molecule has 21 heavy (non-hydrogen) atoms. The average Bonchev–Trinajstić information content (AvgIpc) is 2.40. The summed E-state index contributed by atoms with van der Waals surface area (Å²) in [5.74, 6) is -0.504. The van der Waals surface area contributed by atoms with Gasteiger partial charge in [0.1, 0.15) is 5.60 Å². The van der Waals surface area contributed by atoms with E-state index in [2.05, 4.69) is 4.99 Å². The van der Waals surface area contributed by atoms with Crippen molar-refractivity contribution in [2.75, 3.05) is 0 Å². The summed E-state index contributed by atoms with van der Waals surface area (Å²) in [7, 11) is 0. The van der Waals surface area contributed by atoms with Gasteiger partial charge in [-0.1, -0.05) is 12.1 Å². The predicted octanol–water partition coefficient (Wildman–Crippen LogP) is 2.97. The third-order valence-corrected chi connectivity index (χ3v) is 3.00. The molecule has 4 nitrogen and oxygen atoms in total. The molecule has 0 saturated carbocycles. The number of ether oxygens (including phenoxy) is 1. The lowest BCUT2D eigenvalue weighted by molar-refractivity contribution is -0.116. The van der Waals surface area contributed by atoms with Crippen LogP contribution in [0.5, 0.6) is 0 Å². The number of ketones is 1. The Hall–Kier alpha value is -2.23. The minimum atomic E-state index is -0.507. The molecular formula is C17H19NO3. The third kappa shape index (κ3) is 4.38. The molecular weight excluding hydrogens is 266 g/mol. The highest BCUT2D eigenvalue weighted by Gasteiger charge is 2.19. The van der Waals surface area contributed by atoms with Crippen molar-refractivity contribution in [3.8, 4) is 0 Å². The number of carbonyl (C=O) groups excluding carboxylic acids is 2. The van der Waals surface area contributed by atoms with Crippen LogP contribution in [0.25, 0.3) is 0 Å². The number of nitrogens with zero attached hydrogens (tertiary/aromatic N) is 1. The minimum Gasteiger partial charge on any atom is -0.456 e. The maximum Gasteiger partial charge on any atom is 0.338 e. The molecule has 0 amide bonds. The van der Waals surface area contributed by atoms with Gasteiger partial charge in [-0.15, -0.1) is 0 Å². The monoisotopic (exact) mass is 285 g/mol. The van der Waals surface area contributed by atoms with Gasteiger partial charge in [0.25, 0.3) is 0 Å². The van der Waals surface area contributed by atoms with Crippen molar-refractivity contribution >= 4 is 18.0 Å². The van der Waals surface area contributed by atoms with E-state index in [-0.39, 0.29) is 17.7 Å². The zero-order valence-corrected chi connectivity index (χ0v) is 12.5. The highest BCUT2D eigenvalue weighted by molar-refractivity contribution is 6.03. The molecule has 1 aliphatic rings. The highest BCUT2D eigenvalue weighted by atomic mass is 16.6. The van der Waals surface area contributed by atoms with Crippen LogP contribution >= 0.6 is 0 Å². The Bertz CT molecular complexity index is 591. The number of benzene rings is 1. The number of hydrogen-bond donors (Lipinski definition) is 0. The van der Waals surface area contributed by atoms with Gasteiger partial charge >= 0.3 is 5.97 Å². The van der Waals surface area contributed by atoms with E-state index in [9.17, 15) is 9.59 Å². The Morgan fingerprint density at radius 3 is 2.48 bits per heavy atom. The molecule has 1 aliphatic heterocycles. The van der Waals surface area contributed by atoms with Crippen molar-refractivity contribution < 1.29 is 14.3 Å². The molecule has 0 N–H and O–H groups in total. The van der Waals surface area contributed by atoms with Crippen LogP contribution in [0.3, 0.4) is 0 Å². The maximum atomic E-state index is 11.9. The average molecular weight is 285 g/mol. The Morgan fingerprint density at radius 1 is 1.24 bits per heavy atom. The summed E-state index contributed by atoms with van der Waals surface area (Å²) in [5.41, 5.74) is 0.993. The van der Waals surface area contributed by atoms with Crippen LogP contribution in [0.4, 0.5) is 0 Å². The van der Waals surface area contributed by atoms with Gasteiger partial charge in [-0.25, -0.2) is 4.79 Å². The summed E-state index contributed by atoms with van der Waals surface area (Å²) < 4.78 is 5.31. The van der Waals surface area contributed by atoms with Crippen LogP contribution < -0.4 is 0 Å². The molecule has 1 atom stereocenters. The fourth-order valence-corrected chi connectivity index (χ4v) is 1.99. The number of carbonyl (C=O) groups is 2. The Labute approximate surface area is 124 Å². The minimum absolute atomic E-state index is 0.0567. The van der Waals surface area contributed by atoms with Gasteiger partial charge in [0, 0.05) is 18.5 Å². The molecule has 0 aromatic heterocycles. The first-order valence-electron chi connectivity index (χ1n) is 6.91. The maximum absolute atomic E-state index is 11.9. The molecule has 0 bridgehead atoms. The Balaban J connectivity index is 2.02. The van der Waals surface area contributed by atoms with E-state index >= 15 is 0 Å². The van der Waals surface area contributed by atoms with Crippen LogP contribution in [-0.2, 0) is 16.0 Å². The molecule has 1 aromatic carbocycles. The zero-order valence-electron chi connectivity index (χ0n) is 12.5. The second kappa shape index (κ2) is 6.04. The summed E-state index contributed by atoms with van der Waals surface area (Å²) in [4.78, 5) is 27.6. The highest BCUT2D eigenvalue weighted by Crippen LogP contribution is 2.15. The number of aliphatic imine (C=N–C) groups is 1. The fraction of sp³-hybridized carbons (Fsp3) is 0.353. The van der Waals surface area contributed by atoms with Gasteiger partial charge in [0.15, 0.2) is 5.78 Å². The van der Waals surface area contributed by atoms with Gasteiger partial charge in [0.05, 0.1) is 11.5 Å². The molecule has 0 fully saturated rings. The van der Waals surface area contributed by atoms with Gasteiger partial charge in [-0.05, 0) is 44.9 Å². The van der Waals surface area contributed by atoms with E-state index in [4.69, 9.17) is 4.74 Å². The first kappa shape index (κ1) is 15.2. The number of allylic oxidation sites excluding steroid dienone is 1. The SMILES string of the molecule is CC(C)(C)OC(=O)c1ccc(CC2C=NC=CC2=O)cc1. The van der Waals surface area contributed by atoms with Crippen molar-refractivity contribution in [3.63, 3.8) is 0 Å². The van der Waals surface area contributed by atoms with Crippen LogP contribution in [0.15, 0.2) is 41.5 Å². The molecule has 1 heterocycles. The Morgan fingerprint density at radius 2 is 1.90 bits per heavy atom. The van der Waals surface area contributed by atoms with E-state index in [0.29, 0.717) is 12.0 Å². The fourth-order valence-electron chi connectivity index (χ4n) is 1.99. The van der Waals surface area contributed by atoms with Gasteiger partial charge in [-0.2, -0.15) is 0 Å². The molecule has 0 aliphatic carbocycles. The Kier molecular flexibility index (Phi) is 4.36. The number of esters is 1. The molecule has 0 saturated heterocycles. The van der Waals surface area contributed by atoms with Crippen molar-refractivity contribution in [3.05, 3.63) is 47.7 Å². The van der Waals surface area contributed by atoms with Crippen molar-refractivity contribution in [1.29, 1.82) is 0 Å². The van der Waals surface area contributed by atoms with E-state index < -0.39 is 5.60 Å². The van der Waals surface area contributed by atoms with Crippen LogP contribution in [0.2, 0.25) is 0 Å². The first-order valence-corrected chi connectivity index (χ1v) is 6.91. The second-order valence-electron chi connectivity index (χ2n) is 6.03. The molecule has 1 unspecified atom stereocenters. The van der Waals surface area contributed by atoms with Crippen molar-refractivity contribution in [2.45, 2.75) is 32.8 Å². The summed E-state index contributed by atoms with van der Waals surface area (Å²) in [6, 6.07) is 7.14. The van der Waals surface area contributed by atoms with Crippen LogP contribution in [-0.4, -0.2) is 23.6 Å². The molecule has 110 valence electrons. The summed E-state index contributed by atoms with van der Waals surface area (Å²) in [6.07, 6.45) is 5.23. The topological polar surface area (TPSA) is 55.7 Å². The molecule has 0 radical (unpaired) electrons. The third-order valence-electron chi connectivity index (χ3n) is 3.00. The van der Waals surface area contributed by atoms with Crippen LogP contribution in [0.1, 0.15) is 36.7 Å².